The Labute approximate surface area is 177 Å². The Morgan fingerprint density at radius 3 is 2.57 bits per heavy atom. The number of aromatic nitrogens is 1. The van der Waals surface area contributed by atoms with E-state index in [-0.39, 0.29) is 12.1 Å². The fraction of sp³-hybridized carbons (Fsp3) is 0.375. The summed E-state index contributed by atoms with van der Waals surface area (Å²) in [5.41, 5.74) is 4.44. The number of rotatable bonds is 6. The van der Waals surface area contributed by atoms with Crippen molar-refractivity contribution in [2.75, 3.05) is 27.3 Å². The largest absolute Gasteiger partial charge is 0.497 e. The van der Waals surface area contributed by atoms with Crippen LogP contribution in [-0.4, -0.2) is 43.2 Å². The topological polar surface area (TPSA) is 66.6 Å². The average Bonchev–Trinajstić information content (AvgIpc) is 3.16. The van der Waals surface area contributed by atoms with Gasteiger partial charge in [-0.1, -0.05) is 25.5 Å². The quantitative estimate of drug-likeness (QED) is 0.585. The predicted octanol–water partition coefficient (Wildman–Crippen LogP) is 4.64. The van der Waals surface area contributed by atoms with Crippen LogP contribution in [0.25, 0.3) is 10.9 Å². The second kappa shape index (κ2) is 8.69. The Morgan fingerprint density at radius 1 is 1.13 bits per heavy atom. The van der Waals surface area contributed by atoms with Crippen molar-refractivity contribution in [3.63, 3.8) is 0 Å². The van der Waals surface area contributed by atoms with Gasteiger partial charge in [0.1, 0.15) is 11.5 Å². The Morgan fingerprint density at radius 2 is 1.87 bits per heavy atom. The Kier molecular flexibility index (Phi) is 5.84. The molecule has 0 radical (unpaired) electrons. The molecule has 4 rings (SSSR count). The number of ether oxygens (including phenoxy) is 2. The Bertz CT molecular complexity index is 1030. The van der Waals surface area contributed by atoms with Crippen LogP contribution in [0.3, 0.4) is 0 Å². The molecule has 1 unspecified atom stereocenters. The average molecular weight is 408 g/mol. The SMILES string of the molecule is CCCCNC(=O)N1CCc2c([nH]c3ccc(OC)cc23)C1c1ccc(OC)cc1. The van der Waals surface area contributed by atoms with Gasteiger partial charge in [-0.05, 0) is 54.3 Å². The number of methoxy groups -OCH3 is 2. The van der Waals surface area contributed by atoms with Gasteiger partial charge in [0.25, 0.3) is 0 Å². The summed E-state index contributed by atoms with van der Waals surface area (Å²) in [6.07, 6.45) is 2.83. The number of hydrogen-bond donors (Lipinski definition) is 2. The number of carbonyl (C=O) groups excluding carboxylic acids is 1. The number of aromatic amines is 1. The van der Waals surface area contributed by atoms with Gasteiger partial charge in [-0.15, -0.1) is 0 Å². The second-order valence-corrected chi connectivity index (χ2v) is 7.63. The summed E-state index contributed by atoms with van der Waals surface area (Å²) in [7, 11) is 3.34. The van der Waals surface area contributed by atoms with Crippen LogP contribution in [0.2, 0.25) is 0 Å². The van der Waals surface area contributed by atoms with Crippen molar-refractivity contribution >= 4 is 16.9 Å². The van der Waals surface area contributed by atoms with Gasteiger partial charge < -0.3 is 24.7 Å². The van der Waals surface area contributed by atoms with Crippen molar-refractivity contribution in [2.45, 2.75) is 32.2 Å². The standard InChI is InChI=1S/C24H29N3O3/c1-4-5-13-25-24(28)27-14-12-19-20-15-18(30-3)10-11-21(20)26-22(19)23(27)16-6-8-17(29-2)9-7-16/h6-11,15,23,26H,4-5,12-14H2,1-3H3,(H,25,28). The second-order valence-electron chi connectivity index (χ2n) is 7.63. The van der Waals surface area contributed by atoms with Gasteiger partial charge in [-0.3, -0.25) is 0 Å². The molecule has 0 fully saturated rings. The fourth-order valence-corrected chi connectivity index (χ4v) is 4.22. The zero-order valence-electron chi connectivity index (χ0n) is 17.8. The summed E-state index contributed by atoms with van der Waals surface area (Å²) in [5.74, 6) is 1.64. The summed E-state index contributed by atoms with van der Waals surface area (Å²) in [4.78, 5) is 18.6. The number of nitrogens with zero attached hydrogens (tertiary/aromatic N) is 1. The van der Waals surface area contributed by atoms with E-state index in [4.69, 9.17) is 9.47 Å². The lowest BCUT2D eigenvalue weighted by molar-refractivity contribution is 0.179. The normalized spacial score (nSPS) is 15.7. The van der Waals surface area contributed by atoms with Crippen LogP contribution in [0.4, 0.5) is 4.79 Å². The first-order valence-corrected chi connectivity index (χ1v) is 10.5. The van der Waals surface area contributed by atoms with Crippen molar-refractivity contribution in [3.05, 3.63) is 59.3 Å². The first-order valence-electron chi connectivity index (χ1n) is 10.5. The highest BCUT2D eigenvalue weighted by Gasteiger charge is 2.34. The van der Waals surface area contributed by atoms with Crippen LogP contribution < -0.4 is 14.8 Å². The molecule has 1 atom stereocenters. The molecule has 2 heterocycles. The van der Waals surface area contributed by atoms with E-state index in [0.29, 0.717) is 13.1 Å². The van der Waals surface area contributed by atoms with Crippen LogP contribution >= 0.6 is 0 Å². The molecule has 2 N–H and O–H groups in total. The van der Waals surface area contributed by atoms with Crippen LogP contribution in [0.15, 0.2) is 42.5 Å². The molecular weight excluding hydrogens is 378 g/mol. The third-order valence-electron chi connectivity index (χ3n) is 5.83. The van der Waals surface area contributed by atoms with Crippen LogP contribution in [-0.2, 0) is 6.42 Å². The van der Waals surface area contributed by atoms with Crippen molar-refractivity contribution < 1.29 is 14.3 Å². The summed E-state index contributed by atoms with van der Waals surface area (Å²) in [6.45, 7) is 3.47. The Balaban J connectivity index is 1.77. The Hall–Kier alpha value is -3.15. The molecule has 6 heteroatoms. The van der Waals surface area contributed by atoms with E-state index in [1.165, 1.54) is 5.56 Å². The van der Waals surface area contributed by atoms with Crippen molar-refractivity contribution in [1.82, 2.24) is 15.2 Å². The van der Waals surface area contributed by atoms with Crippen molar-refractivity contribution in [2.24, 2.45) is 0 Å². The van der Waals surface area contributed by atoms with Crippen molar-refractivity contribution in [1.29, 1.82) is 0 Å². The maximum absolute atomic E-state index is 13.1. The maximum Gasteiger partial charge on any atom is 0.318 e. The minimum absolute atomic E-state index is 0.0221. The van der Waals surface area contributed by atoms with Crippen molar-refractivity contribution in [3.8, 4) is 11.5 Å². The van der Waals surface area contributed by atoms with Crippen LogP contribution in [0, 0.1) is 0 Å². The van der Waals surface area contributed by atoms with Gasteiger partial charge >= 0.3 is 6.03 Å². The molecule has 1 aliphatic heterocycles. The molecule has 0 saturated carbocycles. The molecule has 0 bridgehead atoms. The molecule has 6 nitrogen and oxygen atoms in total. The third kappa shape index (κ3) is 3.70. The van der Waals surface area contributed by atoms with Gasteiger partial charge in [0.15, 0.2) is 0 Å². The van der Waals surface area contributed by atoms with Crippen LogP contribution in [0.5, 0.6) is 11.5 Å². The number of nitrogens with one attached hydrogen (secondary N) is 2. The van der Waals surface area contributed by atoms with E-state index in [1.807, 2.05) is 41.3 Å². The first kappa shape index (κ1) is 20.1. The minimum atomic E-state index is -0.181. The zero-order valence-corrected chi connectivity index (χ0v) is 17.8. The highest BCUT2D eigenvalue weighted by atomic mass is 16.5. The lowest BCUT2D eigenvalue weighted by Gasteiger charge is -2.36. The minimum Gasteiger partial charge on any atom is -0.497 e. The van der Waals surface area contributed by atoms with E-state index in [0.717, 1.165) is 52.9 Å². The summed E-state index contributed by atoms with van der Waals surface area (Å²) in [6, 6.07) is 13.8. The van der Waals surface area contributed by atoms with Gasteiger partial charge in [-0.25, -0.2) is 4.79 Å². The van der Waals surface area contributed by atoms with Crippen LogP contribution in [0.1, 0.15) is 42.6 Å². The van der Waals surface area contributed by atoms with E-state index < -0.39 is 0 Å². The molecule has 158 valence electrons. The number of urea groups is 1. The van der Waals surface area contributed by atoms with Gasteiger partial charge in [0, 0.05) is 29.7 Å². The summed E-state index contributed by atoms with van der Waals surface area (Å²) < 4.78 is 10.8. The molecule has 0 spiro atoms. The molecule has 0 aliphatic carbocycles. The van der Waals surface area contributed by atoms with Gasteiger partial charge in [-0.2, -0.15) is 0 Å². The third-order valence-corrected chi connectivity index (χ3v) is 5.83. The predicted molar refractivity (Wildman–Crippen MR) is 118 cm³/mol. The first-order chi connectivity index (χ1) is 14.7. The highest BCUT2D eigenvalue weighted by molar-refractivity contribution is 5.87. The van der Waals surface area contributed by atoms with E-state index >= 15 is 0 Å². The molecule has 30 heavy (non-hydrogen) atoms. The number of unbranched alkanes of at least 4 members (excludes halogenated alkanes) is 1. The molecule has 2 amide bonds. The number of fused-ring (bicyclic) bond motifs is 3. The molecule has 3 aromatic rings. The smallest absolute Gasteiger partial charge is 0.318 e. The number of H-pyrrole nitrogens is 1. The molecule has 0 saturated heterocycles. The highest BCUT2D eigenvalue weighted by Crippen LogP contribution is 2.39. The van der Waals surface area contributed by atoms with E-state index in [9.17, 15) is 4.79 Å². The molecular formula is C24H29N3O3. The maximum atomic E-state index is 13.1. The van der Waals surface area contributed by atoms with E-state index in [2.05, 4.69) is 23.3 Å². The number of hydrogen-bond acceptors (Lipinski definition) is 3. The van der Waals surface area contributed by atoms with Gasteiger partial charge in [0.05, 0.1) is 20.3 Å². The number of benzene rings is 2. The van der Waals surface area contributed by atoms with E-state index in [1.54, 1.807) is 14.2 Å². The molecule has 2 aromatic carbocycles. The monoisotopic (exact) mass is 407 g/mol. The number of amides is 2. The summed E-state index contributed by atoms with van der Waals surface area (Å²) >= 11 is 0. The number of carbonyl (C=O) groups is 1. The molecule has 1 aliphatic rings. The van der Waals surface area contributed by atoms with Gasteiger partial charge in [0.2, 0.25) is 0 Å². The lowest BCUT2D eigenvalue weighted by Crippen LogP contribution is -2.46. The molecule has 1 aromatic heterocycles. The summed E-state index contributed by atoms with van der Waals surface area (Å²) in [5, 5.41) is 4.25. The zero-order chi connectivity index (χ0) is 21.1. The lowest BCUT2D eigenvalue weighted by atomic mass is 9.92. The fourth-order valence-electron chi connectivity index (χ4n) is 4.22.